The largest absolute Gasteiger partial charge is 0.413 e. The number of amides is 1. The zero-order valence-electron chi connectivity index (χ0n) is 25.9. The van der Waals surface area contributed by atoms with E-state index in [1.165, 1.54) is 37.8 Å². The van der Waals surface area contributed by atoms with E-state index in [1.807, 2.05) is 0 Å². The standard InChI is InChI=1S/C32H58N2O2Si/c1-11-34(12-2)30(35)28-14-13-26-25-20-33-29-19-24(36-37(21(3)4,22(5)6)23(7)8)15-17-32(29,10)27(25)16-18-31(26,28)9/h21-28H,11-20H2,1-10H3/t24?,25-,26-,27+,28?,31-,32+/m0/s1. The van der Waals surface area contributed by atoms with Crippen molar-refractivity contribution in [3.8, 4) is 0 Å². The molecule has 0 spiro atoms. The van der Waals surface area contributed by atoms with E-state index in [2.05, 4.69) is 74.1 Å². The number of aliphatic imine (C=N–C) groups is 1. The highest BCUT2D eigenvalue weighted by Gasteiger charge is 2.61. The second-order valence-corrected chi connectivity index (χ2v) is 20.0. The molecule has 3 fully saturated rings. The topological polar surface area (TPSA) is 41.9 Å². The highest BCUT2D eigenvalue weighted by atomic mass is 28.4. The molecule has 0 bridgehead atoms. The van der Waals surface area contributed by atoms with Gasteiger partial charge in [0.15, 0.2) is 0 Å². The Morgan fingerprint density at radius 2 is 1.57 bits per heavy atom. The first kappa shape index (κ1) is 29.3. The predicted molar refractivity (Wildman–Crippen MR) is 159 cm³/mol. The van der Waals surface area contributed by atoms with Gasteiger partial charge in [0.05, 0.1) is 6.10 Å². The van der Waals surface area contributed by atoms with Crippen LogP contribution in [-0.4, -0.2) is 50.6 Å². The number of rotatable bonds is 8. The molecule has 2 unspecified atom stereocenters. The van der Waals surface area contributed by atoms with Gasteiger partial charge < -0.3 is 9.33 Å². The summed E-state index contributed by atoms with van der Waals surface area (Å²) in [6, 6.07) is 0. The fraction of sp³-hybridized carbons (Fsp3) is 0.938. The van der Waals surface area contributed by atoms with Gasteiger partial charge in [-0.1, -0.05) is 55.4 Å². The van der Waals surface area contributed by atoms with E-state index in [0.717, 1.165) is 38.4 Å². The molecular weight excluding hydrogens is 472 g/mol. The Labute approximate surface area is 229 Å². The molecule has 1 amide bonds. The minimum atomic E-state index is -1.88. The van der Waals surface area contributed by atoms with Crippen molar-refractivity contribution in [3.05, 3.63) is 0 Å². The molecule has 1 aliphatic heterocycles. The van der Waals surface area contributed by atoms with Crippen LogP contribution in [0, 0.1) is 34.5 Å². The molecule has 1 heterocycles. The quantitative estimate of drug-likeness (QED) is 0.297. The Balaban J connectivity index is 1.53. The van der Waals surface area contributed by atoms with Crippen LogP contribution in [0.2, 0.25) is 16.6 Å². The van der Waals surface area contributed by atoms with Gasteiger partial charge >= 0.3 is 0 Å². The molecule has 212 valence electrons. The number of nitrogens with zero attached hydrogens (tertiary/aromatic N) is 2. The molecule has 4 rings (SSSR count). The van der Waals surface area contributed by atoms with Crippen LogP contribution in [0.1, 0.15) is 114 Å². The van der Waals surface area contributed by atoms with E-state index in [4.69, 9.17) is 9.42 Å². The summed E-state index contributed by atoms with van der Waals surface area (Å²) >= 11 is 0. The zero-order valence-corrected chi connectivity index (χ0v) is 26.9. The molecule has 7 atom stereocenters. The molecule has 0 radical (unpaired) electrons. The van der Waals surface area contributed by atoms with E-state index >= 15 is 0 Å². The van der Waals surface area contributed by atoms with Crippen LogP contribution < -0.4 is 0 Å². The molecular formula is C32H58N2O2Si. The molecule has 5 heteroatoms. The highest BCUT2D eigenvalue weighted by molar-refractivity contribution is 6.77. The van der Waals surface area contributed by atoms with Crippen LogP contribution in [0.3, 0.4) is 0 Å². The van der Waals surface area contributed by atoms with Crippen LogP contribution in [0.4, 0.5) is 0 Å². The molecule has 0 saturated heterocycles. The number of fused-ring (bicyclic) bond motifs is 5. The lowest BCUT2D eigenvalue weighted by atomic mass is 9.49. The van der Waals surface area contributed by atoms with E-state index in [9.17, 15) is 4.79 Å². The molecule has 37 heavy (non-hydrogen) atoms. The Kier molecular flexibility index (Phi) is 8.48. The Hall–Kier alpha value is -0.683. The summed E-state index contributed by atoms with van der Waals surface area (Å²) in [5, 5.41) is 0. The van der Waals surface area contributed by atoms with E-state index in [1.54, 1.807) is 0 Å². The third-order valence-corrected chi connectivity index (χ3v) is 18.4. The lowest BCUT2D eigenvalue weighted by Gasteiger charge is -2.58. The van der Waals surface area contributed by atoms with Crippen LogP contribution in [0.15, 0.2) is 4.99 Å². The normalized spacial score (nSPS) is 37.9. The van der Waals surface area contributed by atoms with Crippen molar-refractivity contribution in [1.29, 1.82) is 0 Å². The van der Waals surface area contributed by atoms with Crippen molar-refractivity contribution in [1.82, 2.24) is 4.90 Å². The fourth-order valence-corrected chi connectivity index (χ4v) is 15.9. The van der Waals surface area contributed by atoms with Crippen molar-refractivity contribution < 1.29 is 9.22 Å². The Bertz CT molecular complexity index is 843. The van der Waals surface area contributed by atoms with Crippen molar-refractivity contribution >= 4 is 19.9 Å². The third kappa shape index (κ3) is 4.60. The number of hydrogen-bond donors (Lipinski definition) is 0. The highest BCUT2D eigenvalue weighted by Crippen LogP contribution is 2.64. The molecule has 4 nitrogen and oxygen atoms in total. The van der Waals surface area contributed by atoms with Crippen LogP contribution in [0.5, 0.6) is 0 Å². The van der Waals surface area contributed by atoms with Gasteiger partial charge in [-0.25, -0.2) is 0 Å². The smallest absolute Gasteiger partial charge is 0.226 e. The van der Waals surface area contributed by atoms with Crippen LogP contribution in [-0.2, 0) is 9.22 Å². The third-order valence-electron chi connectivity index (χ3n) is 12.3. The lowest BCUT2D eigenvalue weighted by Crippen LogP contribution is -2.57. The first-order chi connectivity index (χ1) is 17.4. The summed E-state index contributed by atoms with van der Waals surface area (Å²) < 4.78 is 7.28. The summed E-state index contributed by atoms with van der Waals surface area (Å²) in [5.74, 6) is 2.65. The minimum Gasteiger partial charge on any atom is -0.413 e. The van der Waals surface area contributed by atoms with Crippen LogP contribution >= 0.6 is 0 Å². The SMILES string of the molecule is CCN(CC)C(=O)C1CC[C@H]2[C@@H]3CN=C4CC(O[Si](C(C)C)(C(C)C)C(C)C)CC[C@]4(C)[C@@H]3CC[C@]12C. The maximum absolute atomic E-state index is 13.5. The molecule has 0 aromatic heterocycles. The molecule has 4 aliphatic rings. The molecule has 0 N–H and O–H groups in total. The molecule has 0 aromatic rings. The van der Waals surface area contributed by atoms with Gasteiger partial charge in [0, 0.05) is 43.1 Å². The molecule has 0 aromatic carbocycles. The Morgan fingerprint density at radius 3 is 2.14 bits per heavy atom. The first-order valence-corrected chi connectivity index (χ1v) is 18.0. The maximum atomic E-state index is 13.5. The van der Waals surface area contributed by atoms with Gasteiger partial charge in [0.25, 0.3) is 0 Å². The van der Waals surface area contributed by atoms with Gasteiger partial charge in [0.2, 0.25) is 14.2 Å². The van der Waals surface area contributed by atoms with E-state index < -0.39 is 8.32 Å². The predicted octanol–water partition coefficient (Wildman–Crippen LogP) is 8.12. The van der Waals surface area contributed by atoms with Crippen LogP contribution in [0.25, 0.3) is 0 Å². The van der Waals surface area contributed by atoms with Crippen molar-refractivity contribution in [2.24, 2.45) is 39.5 Å². The summed E-state index contributed by atoms with van der Waals surface area (Å²) in [7, 11) is -1.88. The lowest BCUT2D eigenvalue weighted by molar-refractivity contribution is -0.141. The monoisotopic (exact) mass is 530 g/mol. The number of hydrogen-bond acceptors (Lipinski definition) is 3. The number of carbonyl (C=O) groups is 1. The van der Waals surface area contributed by atoms with Crippen molar-refractivity contribution in [2.45, 2.75) is 137 Å². The molecule has 3 aliphatic carbocycles. The summed E-state index contributed by atoms with van der Waals surface area (Å²) in [6.45, 7) is 26.3. The van der Waals surface area contributed by atoms with Gasteiger partial charge in [0.1, 0.15) is 0 Å². The second kappa shape index (κ2) is 10.7. The average molecular weight is 531 g/mol. The van der Waals surface area contributed by atoms with Gasteiger partial charge in [-0.2, -0.15) is 0 Å². The van der Waals surface area contributed by atoms with Gasteiger partial charge in [-0.15, -0.1) is 0 Å². The molecule has 3 saturated carbocycles. The van der Waals surface area contributed by atoms with Gasteiger partial charge in [-0.3, -0.25) is 9.79 Å². The first-order valence-electron chi connectivity index (χ1n) is 15.9. The average Bonchev–Trinajstić information content (AvgIpc) is 3.19. The van der Waals surface area contributed by atoms with E-state index in [0.29, 0.717) is 40.5 Å². The second-order valence-electron chi connectivity index (χ2n) is 14.6. The summed E-state index contributed by atoms with van der Waals surface area (Å²) in [5.41, 5.74) is 3.74. The fourth-order valence-electron chi connectivity index (χ4n) is 10.3. The van der Waals surface area contributed by atoms with Crippen molar-refractivity contribution in [2.75, 3.05) is 19.6 Å². The minimum absolute atomic E-state index is 0.154. The van der Waals surface area contributed by atoms with Crippen molar-refractivity contribution in [3.63, 3.8) is 0 Å². The van der Waals surface area contributed by atoms with E-state index in [-0.39, 0.29) is 16.7 Å². The summed E-state index contributed by atoms with van der Waals surface area (Å²) in [6.07, 6.45) is 8.58. The zero-order chi connectivity index (χ0) is 27.3. The summed E-state index contributed by atoms with van der Waals surface area (Å²) in [4.78, 5) is 21.0. The van der Waals surface area contributed by atoms with Gasteiger partial charge in [-0.05, 0) is 92.2 Å². The number of carbonyl (C=O) groups excluding carboxylic acids is 1. The maximum Gasteiger partial charge on any atom is 0.226 e. The Morgan fingerprint density at radius 1 is 0.946 bits per heavy atom.